The van der Waals surface area contributed by atoms with E-state index in [1.807, 2.05) is 0 Å². The quantitative estimate of drug-likeness (QED) is 0.153. The van der Waals surface area contributed by atoms with Crippen molar-refractivity contribution in [1.29, 1.82) is 0 Å². The largest absolute Gasteiger partial charge is 0.463 e. The molecule has 2 amide bonds. The number of rotatable bonds is 10. The van der Waals surface area contributed by atoms with E-state index in [0.717, 1.165) is 13.8 Å². The summed E-state index contributed by atoms with van der Waals surface area (Å²) in [4.78, 5) is 64.0. The maximum atomic E-state index is 11.9. The highest BCUT2D eigenvalue weighted by Crippen LogP contribution is 2.27. The molecule has 0 aromatic carbocycles. The number of alkyl carbamates (subject to hydrolysis) is 1. The molecule has 0 saturated carbocycles. The summed E-state index contributed by atoms with van der Waals surface area (Å²) in [5, 5.41) is 5.09. The van der Waals surface area contributed by atoms with Gasteiger partial charge in [0.2, 0.25) is 12.2 Å². The van der Waals surface area contributed by atoms with Gasteiger partial charge in [-0.25, -0.2) is 4.79 Å². The standard InChI is InChI=1S/C21H35N3O11/c1-11(25)24-16-18(32-14(4)28)17(31-13(3)27)15(10-30-12(2)26)33-19(16)35-23-9-8-22-20(29)34-21(5,6)7/h15-19,23H,8-10H2,1-7H3,(H,22,29)(H,24,25)/t15-,16-,17+,18-,19+/m1/s1. The van der Waals surface area contributed by atoms with Crippen molar-refractivity contribution in [3.8, 4) is 0 Å². The van der Waals surface area contributed by atoms with Crippen LogP contribution in [0, 0.1) is 0 Å². The predicted octanol–water partition coefficient (Wildman–Crippen LogP) is -0.312. The van der Waals surface area contributed by atoms with Gasteiger partial charge in [-0.2, -0.15) is 5.48 Å². The first-order valence-corrected chi connectivity index (χ1v) is 10.9. The molecule has 3 N–H and O–H groups in total. The molecule has 0 bridgehead atoms. The molecule has 0 aromatic heterocycles. The summed E-state index contributed by atoms with van der Waals surface area (Å²) in [6.07, 6.45) is -5.44. The van der Waals surface area contributed by atoms with Crippen LogP contribution in [0.4, 0.5) is 4.79 Å². The number of esters is 3. The molecule has 0 aromatic rings. The van der Waals surface area contributed by atoms with E-state index in [2.05, 4.69) is 16.1 Å². The number of hydrogen-bond donors (Lipinski definition) is 3. The van der Waals surface area contributed by atoms with Crippen LogP contribution in [0.1, 0.15) is 48.5 Å². The molecular formula is C21H35N3O11. The number of carbonyl (C=O) groups is 5. The lowest BCUT2D eigenvalue weighted by atomic mass is 9.96. The summed E-state index contributed by atoms with van der Waals surface area (Å²) in [6.45, 7) is 9.75. The van der Waals surface area contributed by atoms with E-state index in [1.54, 1.807) is 20.8 Å². The molecule has 1 aliphatic heterocycles. The van der Waals surface area contributed by atoms with Crippen molar-refractivity contribution in [3.05, 3.63) is 0 Å². The van der Waals surface area contributed by atoms with Gasteiger partial charge in [-0.1, -0.05) is 0 Å². The molecule has 14 heteroatoms. The monoisotopic (exact) mass is 505 g/mol. The summed E-state index contributed by atoms with van der Waals surface area (Å²) in [6, 6.07) is -1.11. The van der Waals surface area contributed by atoms with Crippen LogP contribution in [0.25, 0.3) is 0 Å². The number of carbonyl (C=O) groups excluding carboxylic acids is 5. The number of amides is 2. The van der Waals surface area contributed by atoms with E-state index in [4.69, 9.17) is 28.5 Å². The third kappa shape index (κ3) is 11.8. The van der Waals surface area contributed by atoms with Crippen LogP contribution in [0.2, 0.25) is 0 Å². The Kier molecular flexibility index (Phi) is 11.9. The number of nitrogens with one attached hydrogen (secondary N) is 3. The van der Waals surface area contributed by atoms with Crippen LogP contribution in [-0.2, 0) is 47.7 Å². The minimum Gasteiger partial charge on any atom is -0.463 e. The fourth-order valence-electron chi connectivity index (χ4n) is 3.06. The van der Waals surface area contributed by atoms with Gasteiger partial charge >= 0.3 is 24.0 Å². The Bertz CT molecular complexity index is 768. The minimum absolute atomic E-state index is 0.103. The molecule has 0 spiro atoms. The first-order valence-electron chi connectivity index (χ1n) is 10.9. The van der Waals surface area contributed by atoms with Crippen LogP contribution < -0.4 is 16.1 Å². The van der Waals surface area contributed by atoms with Gasteiger partial charge in [0.1, 0.15) is 24.4 Å². The second-order valence-corrected chi connectivity index (χ2v) is 8.66. The second-order valence-electron chi connectivity index (χ2n) is 8.66. The van der Waals surface area contributed by atoms with E-state index in [-0.39, 0.29) is 19.7 Å². The zero-order valence-corrected chi connectivity index (χ0v) is 21.0. The summed E-state index contributed by atoms with van der Waals surface area (Å²) in [7, 11) is 0. The van der Waals surface area contributed by atoms with E-state index >= 15 is 0 Å². The Morgan fingerprint density at radius 2 is 1.46 bits per heavy atom. The van der Waals surface area contributed by atoms with Gasteiger partial charge in [-0.15, -0.1) is 0 Å². The molecule has 1 saturated heterocycles. The van der Waals surface area contributed by atoms with Crippen LogP contribution in [0.15, 0.2) is 0 Å². The minimum atomic E-state index is -1.27. The van der Waals surface area contributed by atoms with Gasteiger partial charge in [0.05, 0.1) is 0 Å². The summed E-state index contributed by atoms with van der Waals surface area (Å²) in [5.74, 6) is -2.55. The normalized spacial score (nSPS) is 24.0. The zero-order chi connectivity index (χ0) is 26.8. The van der Waals surface area contributed by atoms with Gasteiger partial charge in [0.15, 0.2) is 12.2 Å². The van der Waals surface area contributed by atoms with Crippen LogP contribution >= 0.6 is 0 Å². The van der Waals surface area contributed by atoms with E-state index in [9.17, 15) is 24.0 Å². The number of ether oxygens (including phenoxy) is 5. The summed E-state index contributed by atoms with van der Waals surface area (Å²) in [5.41, 5.74) is 1.93. The highest BCUT2D eigenvalue weighted by molar-refractivity contribution is 5.73. The van der Waals surface area contributed by atoms with Crippen molar-refractivity contribution in [3.63, 3.8) is 0 Å². The molecule has 5 atom stereocenters. The van der Waals surface area contributed by atoms with Crippen molar-refractivity contribution >= 4 is 29.9 Å². The Morgan fingerprint density at radius 3 is 1.97 bits per heavy atom. The lowest BCUT2D eigenvalue weighted by Gasteiger charge is -2.44. The topological polar surface area (TPSA) is 177 Å². The molecule has 35 heavy (non-hydrogen) atoms. The van der Waals surface area contributed by atoms with Crippen molar-refractivity contribution in [2.45, 2.75) is 84.7 Å². The van der Waals surface area contributed by atoms with Crippen molar-refractivity contribution < 1.29 is 52.5 Å². The molecule has 1 aliphatic rings. The molecule has 0 radical (unpaired) electrons. The summed E-state index contributed by atoms with van der Waals surface area (Å²) < 4.78 is 26.6. The molecule has 0 unspecified atom stereocenters. The first kappa shape index (κ1) is 30.1. The molecule has 1 rings (SSSR count). The SMILES string of the molecule is CC(=O)N[C@H]1[C@H](ONCCNC(=O)OC(C)(C)C)O[C@H](COC(C)=O)[C@H](OC(C)=O)[C@@H]1OC(C)=O. The molecule has 1 fully saturated rings. The van der Waals surface area contributed by atoms with Crippen molar-refractivity contribution in [2.24, 2.45) is 0 Å². The Balaban J connectivity index is 2.98. The average Bonchev–Trinajstić information content (AvgIpc) is 2.67. The second kappa shape index (κ2) is 13.8. The van der Waals surface area contributed by atoms with Crippen LogP contribution in [0.3, 0.4) is 0 Å². The van der Waals surface area contributed by atoms with E-state index in [0.29, 0.717) is 0 Å². The molecule has 0 aliphatic carbocycles. The lowest BCUT2D eigenvalue weighted by Crippen LogP contribution is -2.67. The van der Waals surface area contributed by atoms with Crippen molar-refractivity contribution in [1.82, 2.24) is 16.1 Å². The Hall–Kier alpha value is -2.97. The third-order valence-electron chi connectivity index (χ3n) is 4.17. The smallest absolute Gasteiger partial charge is 0.407 e. The Labute approximate surface area is 203 Å². The molecule has 200 valence electrons. The highest BCUT2D eigenvalue weighted by atomic mass is 16.8. The van der Waals surface area contributed by atoms with Crippen molar-refractivity contribution in [2.75, 3.05) is 19.7 Å². The number of hydroxylamine groups is 1. The van der Waals surface area contributed by atoms with Gasteiger partial charge in [-0.3, -0.25) is 24.0 Å². The van der Waals surface area contributed by atoms with Crippen LogP contribution in [0.5, 0.6) is 0 Å². The summed E-state index contributed by atoms with van der Waals surface area (Å²) >= 11 is 0. The first-order chi connectivity index (χ1) is 16.2. The van der Waals surface area contributed by atoms with E-state index < -0.39 is 66.2 Å². The molecule has 1 heterocycles. The Morgan fingerprint density at radius 1 is 0.857 bits per heavy atom. The maximum absolute atomic E-state index is 11.9. The van der Waals surface area contributed by atoms with Gasteiger partial charge < -0.3 is 34.3 Å². The predicted molar refractivity (Wildman–Crippen MR) is 117 cm³/mol. The fraction of sp³-hybridized carbons (Fsp3) is 0.762. The maximum Gasteiger partial charge on any atom is 0.407 e. The van der Waals surface area contributed by atoms with Gasteiger partial charge in [0, 0.05) is 40.8 Å². The van der Waals surface area contributed by atoms with Gasteiger partial charge in [0.25, 0.3) is 0 Å². The zero-order valence-electron chi connectivity index (χ0n) is 21.0. The third-order valence-corrected chi connectivity index (χ3v) is 4.17. The molecule has 14 nitrogen and oxygen atoms in total. The fourth-order valence-corrected chi connectivity index (χ4v) is 3.06. The van der Waals surface area contributed by atoms with E-state index in [1.165, 1.54) is 13.8 Å². The average molecular weight is 506 g/mol. The van der Waals surface area contributed by atoms with Crippen LogP contribution in [-0.4, -0.2) is 85.8 Å². The van der Waals surface area contributed by atoms with Gasteiger partial charge in [-0.05, 0) is 20.8 Å². The molecular weight excluding hydrogens is 470 g/mol. The number of hydrogen-bond acceptors (Lipinski definition) is 12. The lowest BCUT2D eigenvalue weighted by molar-refractivity contribution is -0.291. The highest BCUT2D eigenvalue weighted by Gasteiger charge is 2.51.